The number of aromatic amines is 1. The van der Waals surface area contributed by atoms with Crippen LogP contribution in [0.2, 0.25) is 0 Å². The molecular formula is C19H22N4O4. The molecule has 1 unspecified atom stereocenters. The SMILES string of the molecule is NC(=O)COc1cccc(C2CC(=O)Nc3c2c(=O)[nH]n3C2CCCC2)c1. The van der Waals surface area contributed by atoms with Gasteiger partial charge in [0.1, 0.15) is 11.6 Å². The summed E-state index contributed by atoms with van der Waals surface area (Å²) in [7, 11) is 0. The van der Waals surface area contributed by atoms with E-state index in [4.69, 9.17) is 10.5 Å². The predicted octanol–water partition coefficient (Wildman–Crippen LogP) is 1.63. The molecule has 1 fully saturated rings. The van der Waals surface area contributed by atoms with Crippen LogP contribution in [0.1, 0.15) is 55.2 Å². The fourth-order valence-corrected chi connectivity index (χ4v) is 4.08. The first-order chi connectivity index (χ1) is 13.0. The Morgan fingerprint density at radius 1 is 1.26 bits per heavy atom. The quantitative estimate of drug-likeness (QED) is 0.741. The topological polar surface area (TPSA) is 119 Å². The molecule has 2 amide bonds. The van der Waals surface area contributed by atoms with Crippen molar-refractivity contribution in [2.24, 2.45) is 5.73 Å². The van der Waals surface area contributed by atoms with Crippen molar-refractivity contribution in [1.82, 2.24) is 9.78 Å². The summed E-state index contributed by atoms with van der Waals surface area (Å²) in [5.74, 6) is 0.00546. The van der Waals surface area contributed by atoms with Crippen LogP contribution in [-0.4, -0.2) is 28.2 Å². The van der Waals surface area contributed by atoms with Crippen molar-refractivity contribution in [2.75, 3.05) is 11.9 Å². The summed E-state index contributed by atoms with van der Waals surface area (Å²) < 4.78 is 7.20. The van der Waals surface area contributed by atoms with E-state index in [1.807, 2.05) is 10.7 Å². The molecule has 1 aliphatic heterocycles. The third-order valence-corrected chi connectivity index (χ3v) is 5.29. The van der Waals surface area contributed by atoms with Gasteiger partial charge in [-0.25, -0.2) is 0 Å². The highest BCUT2D eigenvalue weighted by molar-refractivity contribution is 5.94. The molecule has 0 radical (unpaired) electrons. The van der Waals surface area contributed by atoms with E-state index >= 15 is 0 Å². The minimum absolute atomic E-state index is 0.123. The number of benzene rings is 1. The molecule has 4 N–H and O–H groups in total. The minimum atomic E-state index is -0.565. The number of anilines is 1. The molecule has 1 atom stereocenters. The van der Waals surface area contributed by atoms with Crippen molar-refractivity contribution in [1.29, 1.82) is 0 Å². The number of ether oxygens (including phenoxy) is 1. The summed E-state index contributed by atoms with van der Waals surface area (Å²) >= 11 is 0. The molecule has 142 valence electrons. The number of nitrogens with two attached hydrogens (primary N) is 1. The second-order valence-corrected chi connectivity index (χ2v) is 7.14. The van der Waals surface area contributed by atoms with Crippen LogP contribution in [0.25, 0.3) is 0 Å². The lowest BCUT2D eigenvalue weighted by Crippen LogP contribution is -2.27. The molecule has 1 aromatic carbocycles. The van der Waals surface area contributed by atoms with Crippen molar-refractivity contribution < 1.29 is 14.3 Å². The third kappa shape index (κ3) is 3.34. The Bertz CT molecular complexity index is 939. The van der Waals surface area contributed by atoms with Gasteiger partial charge in [-0.05, 0) is 30.5 Å². The Kier molecular flexibility index (Phi) is 4.47. The van der Waals surface area contributed by atoms with Crippen LogP contribution in [0.5, 0.6) is 5.75 Å². The van der Waals surface area contributed by atoms with E-state index in [-0.39, 0.29) is 36.5 Å². The van der Waals surface area contributed by atoms with Gasteiger partial charge in [0, 0.05) is 12.3 Å². The van der Waals surface area contributed by atoms with E-state index in [9.17, 15) is 14.4 Å². The van der Waals surface area contributed by atoms with Gasteiger partial charge in [-0.3, -0.25) is 24.2 Å². The van der Waals surface area contributed by atoms with E-state index in [1.165, 1.54) is 0 Å². The lowest BCUT2D eigenvalue weighted by atomic mass is 9.87. The molecular weight excluding hydrogens is 348 g/mol. The van der Waals surface area contributed by atoms with E-state index in [1.54, 1.807) is 18.2 Å². The Labute approximate surface area is 155 Å². The molecule has 2 heterocycles. The highest BCUT2D eigenvalue weighted by Gasteiger charge is 2.34. The number of amides is 2. The van der Waals surface area contributed by atoms with Crippen molar-refractivity contribution in [3.63, 3.8) is 0 Å². The number of hydrogen-bond acceptors (Lipinski definition) is 4. The number of H-pyrrole nitrogens is 1. The second-order valence-electron chi connectivity index (χ2n) is 7.14. The maximum absolute atomic E-state index is 12.7. The normalized spacial score (nSPS) is 19.6. The van der Waals surface area contributed by atoms with Gasteiger partial charge in [0.25, 0.3) is 11.5 Å². The lowest BCUT2D eigenvalue weighted by Gasteiger charge is -2.25. The summed E-state index contributed by atoms with van der Waals surface area (Å²) in [6.07, 6.45) is 4.42. The number of nitrogens with one attached hydrogen (secondary N) is 2. The molecule has 2 aromatic rings. The van der Waals surface area contributed by atoms with Gasteiger partial charge in [0.15, 0.2) is 6.61 Å². The van der Waals surface area contributed by atoms with Gasteiger partial charge < -0.3 is 15.8 Å². The molecule has 0 spiro atoms. The summed E-state index contributed by atoms with van der Waals surface area (Å²) in [5.41, 5.74) is 6.32. The van der Waals surface area contributed by atoms with Gasteiger partial charge in [-0.15, -0.1) is 0 Å². The van der Waals surface area contributed by atoms with Crippen molar-refractivity contribution in [3.05, 3.63) is 45.7 Å². The molecule has 1 aliphatic carbocycles. The van der Waals surface area contributed by atoms with Crippen LogP contribution in [0.3, 0.4) is 0 Å². The monoisotopic (exact) mass is 370 g/mol. The number of aromatic nitrogens is 2. The van der Waals surface area contributed by atoms with E-state index in [0.717, 1.165) is 31.2 Å². The zero-order valence-electron chi connectivity index (χ0n) is 14.9. The molecule has 1 saturated carbocycles. The third-order valence-electron chi connectivity index (χ3n) is 5.29. The maximum Gasteiger partial charge on any atom is 0.270 e. The van der Waals surface area contributed by atoms with E-state index in [2.05, 4.69) is 10.4 Å². The van der Waals surface area contributed by atoms with Crippen LogP contribution in [-0.2, 0) is 9.59 Å². The number of fused-ring (bicyclic) bond motifs is 1. The highest BCUT2D eigenvalue weighted by atomic mass is 16.5. The van der Waals surface area contributed by atoms with Crippen molar-refractivity contribution in [2.45, 2.75) is 44.1 Å². The van der Waals surface area contributed by atoms with Crippen LogP contribution >= 0.6 is 0 Å². The van der Waals surface area contributed by atoms with Gasteiger partial charge in [0.05, 0.1) is 11.6 Å². The Morgan fingerprint density at radius 2 is 2.04 bits per heavy atom. The summed E-state index contributed by atoms with van der Waals surface area (Å²) in [6.45, 7) is -0.224. The zero-order chi connectivity index (χ0) is 19.0. The van der Waals surface area contributed by atoms with Crippen LogP contribution in [0.4, 0.5) is 5.82 Å². The van der Waals surface area contributed by atoms with Crippen LogP contribution in [0, 0.1) is 0 Å². The molecule has 2 aliphatic rings. The molecule has 8 nitrogen and oxygen atoms in total. The summed E-state index contributed by atoms with van der Waals surface area (Å²) in [4.78, 5) is 36.0. The Balaban J connectivity index is 1.71. The summed E-state index contributed by atoms with van der Waals surface area (Å²) in [6, 6.07) is 7.31. The molecule has 27 heavy (non-hydrogen) atoms. The number of nitrogens with zero attached hydrogens (tertiary/aromatic N) is 1. The van der Waals surface area contributed by atoms with Crippen LogP contribution < -0.4 is 21.3 Å². The minimum Gasteiger partial charge on any atom is -0.484 e. The Hall–Kier alpha value is -3.03. The van der Waals surface area contributed by atoms with Crippen molar-refractivity contribution in [3.8, 4) is 5.75 Å². The average molecular weight is 370 g/mol. The molecule has 1 aromatic heterocycles. The number of carbonyl (C=O) groups is 2. The fourth-order valence-electron chi connectivity index (χ4n) is 4.08. The zero-order valence-corrected chi connectivity index (χ0v) is 14.9. The molecule has 4 rings (SSSR count). The number of rotatable bonds is 5. The summed E-state index contributed by atoms with van der Waals surface area (Å²) in [5, 5.41) is 5.81. The van der Waals surface area contributed by atoms with E-state index < -0.39 is 5.91 Å². The van der Waals surface area contributed by atoms with Crippen molar-refractivity contribution >= 4 is 17.6 Å². The molecule has 8 heteroatoms. The predicted molar refractivity (Wildman–Crippen MR) is 98.8 cm³/mol. The van der Waals surface area contributed by atoms with Gasteiger partial charge in [0.2, 0.25) is 5.91 Å². The lowest BCUT2D eigenvalue weighted by molar-refractivity contribution is -0.120. The number of carbonyl (C=O) groups excluding carboxylic acids is 2. The van der Waals surface area contributed by atoms with Gasteiger partial charge >= 0.3 is 0 Å². The first-order valence-corrected chi connectivity index (χ1v) is 9.18. The average Bonchev–Trinajstić information content (AvgIpc) is 3.28. The molecule has 0 saturated heterocycles. The van der Waals surface area contributed by atoms with Gasteiger partial charge in [-0.1, -0.05) is 25.0 Å². The fraction of sp³-hybridized carbons (Fsp3) is 0.421. The first-order valence-electron chi connectivity index (χ1n) is 9.18. The first kappa shape index (κ1) is 17.4. The molecule has 0 bridgehead atoms. The van der Waals surface area contributed by atoms with Gasteiger partial charge in [-0.2, -0.15) is 0 Å². The Morgan fingerprint density at radius 3 is 2.78 bits per heavy atom. The number of primary amides is 1. The highest BCUT2D eigenvalue weighted by Crippen LogP contribution is 2.39. The number of hydrogen-bond donors (Lipinski definition) is 3. The largest absolute Gasteiger partial charge is 0.484 e. The smallest absolute Gasteiger partial charge is 0.270 e. The standard InChI is InChI=1S/C19H22N4O4/c20-15(24)10-27-13-7-3-4-11(8-13)14-9-16(25)21-18-17(14)19(26)22-23(18)12-5-1-2-6-12/h3-4,7-8,12,14H,1-2,5-6,9-10H2,(H2,20,24)(H,21,25)(H,22,26). The second kappa shape index (κ2) is 6.94. The van der Waals surface area contributed by atoms with Crippen LogP contribution in [0.15, 0.2) is 29.1 Å². The van der Waals surface area contributed by atoms with E-state index in [0.29, 0.717) is 17.1 Å². The maximum atomic E-state index is 12.7.